The Morgan fingerprint density at radius 1 is 1.39 bits per heavy atom. The Morgan fingerprint density at radius 2 is 2.11 bits per heavy atom. The van der Waals surface area contributed by atoms with Crippen molar-refractivity contribution in [2.45, 2.75) is 24.9 Å². The number of esters is 1. The van der Waals surface area contributed by atoms with Crippen LogP contribution < -0.4 is 4.90 Å². The number of thiophene rings is 1. The Hall–Kier alpha value is -2.11. The van der Waals surface area contributed by atoms with Gasteiger partial charge in [-0.05, 0) is 17.5 Å². The van der Waals surface area contributed by atoms with E-state index in [4.69, 9.17) is 9.47 Å². The minimum Gasteiger partial charge on any atom is -0.481 e. The van der Waals surface area contributed by atoms with Crippen LogP contribution in [-0.2, 0) is 28.7 Å². The van der Waals surface area contributed by atoms with E-state index >= 15 is 0 Å². The third-order valence-electron chi connectivity index (χ3n) is 4.88. The molecule has 152 valence electrons. The summed E-state index contributed by atoms with van der Waals surface area (Å²) in [6.45, 7) is 2.04. The third-order valence-corrected chi connectivity index (χ3v) is 7.47. The average molecular weight is 428 g/mol. The highest BCUT2D eigenvalue weighted by atomic mass is 32.2. The lowest BCUT2D eigenvalue weighted by molar-refractivity contribution is -0.198. The molecule has 0 saturated carbocycles. The SMILES string of the molecule is CO[C@]12SCC(COC(C)=O)(C(=O)O)CN1C(=O)C2N(C(C)=O)c1cccs1. The van der Waals surface area contributed by atoms with Gasteiger partial charge in [-0.25, -0.2) is 0 Å². The fraction of sp³-hybridized carbons (Fsp3) is 0.529. The molecule has 0 bridgehead atoms. The first-order valence-corrected chi connectivity index (χ1v) is 10.3. The quantitative estimate of drug-likeness (QED) is 0.527. The van der Waals surface area contributed by atoms with Crippen LogP contribution in [0.15, 0.2) is 17.5 Å². The van der Waals surface area contributed by atoms with E-state index in [9.17, 15) is 24.3 Å². The average Bonchev–Trinajstić information content (AvgIpc) is 3.17. The largest absolute Gasteiger partial charge is 0.481 e. The zero-order valence-corrected chi connectivity index (χ0v) is 17.2. The molecule has 28 heavy (non-hydrogen) atoms. The molecule has 3 rings (SSSR count). The normalized spacial score (nSPS) is 28.9. The van der Waals surface area contributed by atoms with Gasteiger partial charge in [-0.3, -0.25) is 29.0 Å². The number of carbonyl (C=O) groups is 4. The molecule has 2 amide bonds. The Kier molecular flexibility index (Phi) is 5.43. The van der Waals surface area contributed by atoms with E-state index in [1.54, 1.807) is 17.5 Å². The maximum atomic E-state index is 13.0. The van der Waals surface area contributed by atoms with Crippen molar-refractivity contribution in [1.82, 2.24) is 4.90 Å². The van der Waals surface area contributed by atoms with Crippen LogP contribution in [0.5, 0.6) is 0 Å². The third kappa shape index (κ3) is 3.07. The van der Waals surface area contributed by atoms with Gasteiger partial charge in [0.15, 0.2) is 6.04 Å². The number of β-lactam (4-membered cyclic amide) rings is 1. The van der Waals surface area contributed by atoms with Gasteiger partial charge in [0.2, 0.25) is 11.0 Å². The highest BCUT2D eigenvalue weighted by Crippen LogP contribution is 2.53. The van der Waals surface area contributed by atoms with E-state index in [2.05, 4.69) is 0 Å². The molecule has 2 unspecified atom stereocenters. The summed E-state index contributed by atoms with van der Waals surface area (Å²) in [5.41, 5.74) is -1.44. The topological polar surface area (TPSA) is 113 Å². The van der Waals surface area contributed by atoms with Gasteiger partial charge < -0.3 is 14.6 Å². The number of carbonyl (C=O) groups excluding carboxylic acids is 3. The lowest BCUT2D eigenvalue weighted by Crippen LogP contribution is -2.82. The highest BCUT2D eigenvalue weighted by molar-refractivity contribution is 8.00. The summed E-state index contributed by atoms with van der Waals surface area (Å²) < 4.78 is 10.6. The number of anilines is 1. The van der Waals surface area contributed by atoms with Crippen molar-refractivity contribution in [2.24, 2.45) is 5.41 Å². The number of hydrogen-bond donors (Lipinski definition) is 1. The van der Waals surface area contributed by atoms with Gasteiger partial charge in [0.05, 0.1) is 5.00 Å². The number of hydrogen-bond acceptors (Lipinski definition) is 8. The molecule has 0 radical (unpaired) electrons. The number of rotatable bonds is 6. The molecule has 0 aromatic carbocycles. The van der Waals surface area contributed by atoms with Crippen molar-refractivity contribution in [1.29, 1.82) is 0 Å². The van der Waals surface area contributed by atoms with Crippen LogP contribution in [0.3, 0.4) is 0 Å². The fourth-order valence-electron chi connectivity index (χ4n) is 3.42. The minimum atomic E-state index is -1.44. The van der Waals surface area contributed by atoms with Gasteiger partial charge >= 0.3 is 11.9 Å². The Balaban J connectivity index is 1.92. The second kappa shape index (κ2) is 7.37. The monoisotopic (exact) mass is 428 g/mol. The number of carboxylic acid groups (broad SMARTS) is 1. The second-order valence-electron chi connectivity index (χ2n) is 6.66. The predicted molar refractivity (Wildman–Crippen MR) is 102 cm³/mol. The van der Waals surface area contributed by atoms with Crippen LogP contribution in [-0.4, -0.2) is 70.9 Å². The number of ether oxygens (including phenoxy) is 2. The number of aliphatic carboxylic acids is 1. The van der Waals surface area contributed by atoms with E-state index in [1.807, 2.05) is 0 Å². The van der Waals surface area contributed by atoms with Crippen LogP contribution >= 0.6 is 23.1 Å². The molecule has 11 heteroatoms. The first-order valence-electron chi connectivity index (χ1n) is 8.39. The van der Waals surface area contributed by atoms with Crippen molar-refractivity contribution >= 4 is 51.9 Å². The maximum Gasteiger partial charge on any atom is 0.315 e. The molecule has 2 fully saturated rings. The fourth-order valence-corrected chi connectivity index (χ4v) is 5.79. The van der Waals surface area contributed by atoms with Crippen LogP contribution in [0.25, 0.3) is 0 Å². The van der Waals surface area contributed by atoms with Gasteiger partial charge in [-0.1, -0.05) is 0 Å². The maximum absolute atomic E-state index is 13.0. The standard InChI is InChI=1S/C17H20N2O7S2/c1-10(20)19(12-5-4-6-27-12)13-14(22)18-7-16(15(23)24,8-26-11(2)21)9-28-17(13,18)25-3/h4-6,13H,7-9H2,1-3H3,(H,23,24)/t13?,16?,17-/m1/s1. The smallest absolute Gasteiger partial charge is 0.315 e. The minimum absolute atomic E-state index is 0.0555. The lowest BCUT2D eigenvalue weighted by atomic mass is 9.87. The van der Waals surface area contributed by atoms with Crippen LogP contribution in [0.2, 0.25) is 0 Å². The summed E-state index contributed by atoms with van der Waals surface area (Å²) in [5, 5.41) is 11.0. The highest BCUT2D eigenvalue weighted by Gasteiger charge is 2.70. The first kappa shape index (κ1) is 20.6. The van der Waals surface area contributed by atoms with Crippen LogP contribution in [0.4, 0.5) is 5.00 Å². The Morgan fingerprint density at radius 3 is 2.61 bits per heavy atom. The van der Waals surface area contributed by atoms with Gasteiger partial charge in [0, 0.05) is 33.3 Å². The molecule has 0 aliphatic carbocycles. The Labute approximate surface area is 169 Å². The second-order valence-corrected chi connectivity index (χ2v) is 8.74. The number of carboxylic acids is 1. The van der Waals surface area contributed by atoms with Crippen molar-refractivity contribution in [2.75, 3.05) is 30.9 Å². The van der Waals surface area contributed by atoms with E-state index in [1.165, 1.54) is 42.1 Å². The summed E-state index contributed by atoms with van der Waals surface area (Å²) in [6, 6.07) is 2.61. The molecule has 2 aliphatic heterocycles. The van der Waals surface area contributed by atoms with Gasteiger partial charge in [0.25, 0.3) is 5.91 Å². The molecule has 3 atom stereocenters. The van der Waals surface area contributed by atoms with Crippen LogP contribution in [0, 0.1) is 5.41 Å². The van der Waals surface area contributed by atoms with E-state index in [0.29, 0.717) is 5.00 Å². The zero-order valence-electron chi connectivity index (χ0n) is 15.5. The number of thioether (sulfide) groups is 1. The van der Waals surface area contributed by atoms with E-state index in [-0.39, 0.29) is 24.8 Å². The summed E-state index contributed by atoms with van der Waals surface area (Å²) in [5.74, 6) is -2.43. The molecule has 1 N–H and O–H groups in total. The predicted octanol–water partition coefficient (Wildman–Crippen LogP) is 0.993. The summed E-state index contributed by atoms with van der Waals surface area (Å²) in [6.07, 6.45) is 0. The first-order chi connectivity index (χ1) is 13.2. The number of fused-ring (bicyclic) bond motifs is 1. The molecule has 1 aromatic heterocycles. The van der Waals surface area contributed by atoms with Gasteiger partial charge in [-0.15, -0.1) is 23.1 Å². The van der Waals surface area contributed by atoms with Crippen molar-refractivity contribution < 1.29 is 33.8 Å². The van der Waals surface area contributed by atoms with Crippen LogP contribution in [0.1, 0.15) is 13.8 Å². The van der Waals surface area contributed by atoms with Crippen molar-refractivity contribution in [3.05, 3.63) is 17.5 Å². The number of methoxy groups -OCH3 is 1. The molecular weight excluding hydrogens is 408 g/mol. The number of amides is 2. The summed E-state index contributed by atoms with van der Waals surface area (Å²) in [7, 11) is 1.42. The van der Waals surface area contributed by atoms with E-state index in [0.717, 1.165) is 11.8 Å². The zero-order chi connectivity index (χ0) is 20.7. The molecule has 9 nitrogen and oxygen atoms in total. The molecule has 0 spiro atoms. The van der Waals surface area contributed by atoms with Crippen molar-refractivity contribution in [3.8, 4) is 0 Å². The van der Waals surface area contributed by atoms with Gasteiger partial charge in [-0.2, -0.15) is 0 Å². The molecule has 2 saturated heterocycles. The lowest BCUT2D eigenvalue weighted by Gasteiger charge is -2.62. The molecular formula is C17H20N2O7S2. The summed E-state index contributed by atoms with van der Waals surface area (Å²) in [4.78, 5) is 51.1. The van der Waals surface area contributed by atoms with Crippen molar-refractivity contribution in [3.63, 3.8) is 0 Å². The summed E-state index contributed by atoms with van der Waals surface area (Å²) >= 11 is 2.45. The Bertz CT molecular complexity index is 814. The molecule has 1 aromatic rings. The molecule has 2 aliphatic rings. The van der Waals surface area contributed by atoms with Gasteiger partial charge in [0.1, 0.15) is 12.0 Å². The molecule has 3 heterocycles. The number of nitrogens with zero attached hydrogens (tertiary/aromatic N) is 2. The van der Waals surface area contributed by atoms with E-state index < -0.39 is 34.4 Å².